The van der Waals surface area contributed by atoms with Crippen molar-refractivity contribution in [2.75, 3.05) is 0 Å². The van der Waals surface area contributed by atoms with Gasteiger partial charge in [-0.2, -0.15) is 0 Å². The fraction of sp³-hybridized carbons (Fsp3) is 0.229. The third kappa shape index (κ3) is 3.15. The molecule has 0 radical (unpaired) electrons. The average molecular weight is 482 g/mol. The van der Waals surface area contributed by atoms with E-state index < -0.39 is 0 Å². The van der Waals surface area contributed by atoms with Crippen LogP contribution in [0.15, 0.2) is 79.0 Å². The van der Waals surface area contributed by atoms with Crippen molar-refractivity contribution in [3.63, 3.8) is 0 Å². The molecule has 2 heteroatoms. The Morgan fingerprint density at radius 1 is 0.784 bits per heavy atom. The Morgan fingerprint density at radius 2 is 1.57 bits per heavy atom. The summed E-state index contributed by atoms with van der Waals surface area (Å²) in [6.45, 7) is 11.5. The molecule has 7 aromatic rings. The van der Waals surface area contributed by atoms with E-state index in [1.165, 1.54) is 76.8 Å². The van der Waals surface area contributed by atoms with Crippen LogP contribution < -0.4 is 4.57 Å². The van der Waals surface area contributed by atoms with Gasteiger partial charge in [0.2, 0.25) is 5.52 Å². The van der Waals surface area contributed by atoms with Gasteiger partial charge in [-0.3, -0.25) is 0 Å². The minimum atomic E-state index is 0.220. The van der Waals surface area contributed by atoms with E-state index in [9.17, 15) is 0 Å². The van der Waals surface area contributed by atoms with Crippen molar-refractivity contribution in [2.45, 2.75) is 41.0 Å². The molecule has 0 aliphatic heterocycles. The van der Waals surface area contributed by atoms with E-state index in [-0.39, 0.29) is 5.41 Å². The SMILES string of the molecule is Cc1cc2c3c(-c4ccccc4)cccc3n3c4cc(CC(C)(C)C)cc5cc[n+](C)c(c(c1C)c23)c54. The molecule has 0 saturated carbocycles. The summed E-state index contributed by atoms with van der Waals surface area (Å²) in [5.41, 5.74) is 12.2. The molecule has 0 bridgehead atoms. The van der Waals surface area contributed by atoms with Crippen LogP contribution in [0.2, 0.25) is 0 Å². The minimum Gasteiger partial charge on any atom is -0.307 e. The Morgan fingerprint density at radius 3 is 2.32 bits per heavy atom. The summed E-state index contributed by atoms with van der Waals surface area (Å²) in [7, 11) is 2.20. The highest BCUT2D eigenvalue weighted by Crippen LogP contribution is 2.44. The Bertz CT molecular complexity index is 2000. The molecule has 0 fully saturated rings. The molecule has 0 aliphatic rings. The molecule has 0 unspecified atom stereocenters. The summed E-state index contributed by atoms with van der Waals surface area (Å²) in [6, 6.07) is 27.3. The average Bonchev–Trinajstić information content (AvgIpc) is 3.19. The van der Waals surface area contributed by atoms with E-state index in [0.717, 1.165) is 6.42 Å². The second-order valence-corrected chi connectivity index (χ2v) is 12.1. The van der Waals surface area contributed by atoms with Gasteiger partial charge in [-0.15, -0.1) is 0 Å². The maximum absolute atomic E-state index is 2.57. The maximum atomic E-state index is 2.57. The van der Waals surface area contributed by atoms with Gasteiger partial charge in [0.15, 0.2) is 6.20 Å². The molecule has 3 aromatic heterocycles. The first-order valence-corrected chi connectivity index (χ1v) is 13.3. The van der Waals surface area contributed by atoms with Gasteiger partial charge < -0.3 is 4.40 Å². The molecule has 0 spiro atoms. The van der Waals surface area contributed by atoms with Crippen molar-refractivity contribution in [2.24, 2.45) is 12.5 Å². The summed E-state index contributed by atoms with van der Waals surface area (Å²) >= 11 is 0. The monoisotopic (exact) mass is 481 g/mol. The number of fused-ring (bicyclic) bond motifs is 5. The fourth-order valence-corrected chi connectivity index (χ4v) is 6.59. The van der Waals surface area contributed by atoms with E-state index in [1.807, 2.05) is 0 Å². The summed E-state index contributed by atoms with van der Waals surface area (Å²) in [4.78, 5) is 0. The molecule has 0 aliphatic carbocycles. The van der Waals surface area contributed by atoms with E-state index in [2.05, 4.69) is 130 Å². The van der Waals surface area contributed by atoms with Crippen LogP contribution in [0.25, 0.3) is 60.1 Å². The molecule has 4 aromatic carbocycles. The van der Waals surface area contributed by atoms with Crippen molar-refractivity contribution in [3.8, 4) is 11.1 Å². The zero-order valence-corrected chi connectivity index (χ0v) is 22.6. The van der Waals surface area contributed by atoms with Crippen LogP contribution in [0, 0.1) is 19.3 Å². The van der Waals surface area contributed by atoms with E-state index >= 15 is 0 Å². The molecule has 0 saturated heterocycles. The lowest BCUT2D eigenvalue weighted by Crippen LogP contribution is -2.29. The number of aromatic nitrogens is 2. The van der Waals surface area contributed by atoms with Crippen LogP contribution in [-0.4, -0.2) is 4.40 Å². The van der Waals surface area contributed by atoms with Gasteiger partial charge >= 0.3 is 0 Å². The second kappa shape index (κ2) is 7.55. The highest BCUT2D eigenvalue weighted by Gasteiger charge is 2.26. The first-order chi connectivity index (χ1) is 17.7. The number of hydrogen-bond donors (Lipinski definition) is 0. The zero-order valence-electron chi connectivity index (χ0n) is 22.6. The number of nitrogens with zero attached hydrogens (tertiary/aromatic N) is 2. The topological polar surface area (TPSA) is 8.29 Å². The highest BCUT2D eigenvalue weighted by molar-refractivity contribution is 6.28. The Labute approximate surface area is 218 Å². The number of pyridine rings is 2. The Kier molecular flexibility index (Phi) is 4.55. The van der Waals surface area contributed by atoms with Crippen LogP contribution in [-0.2, 0) is 13.5 Å². The molecule has 0 atom stereocenters. The van der Waals surface area contributed by atoms with Gasteiger partial charge in [-0.25, -0.2) is 4.57 Å². The minimum absolute atomic E-state index is 0.220. The summed E-state index contributed by atoms with van der Waals surface area (Å²) in [6.07, 6.45) is 3.29. The van der Waals surface area contributed by atoms with Gasteiger partial charge in [0, 0.05) is 16.8 Å². The van der Waals surface area contributed by atoms with Crippen molar-refractivity contribution in [1.29, 1.82) is 0 Å². The highest BCUT2D eigenvalue weighted by atomic mass is 15.0. The Hall–Kier alpha value is -3.91. The van der Waals surface area contributed by atoms with Gasteiger partial charge in [-0.1, -0.05) is 69.3 Å². The van der Waals surface area contributed by atoms with Gasteiger partial charge in [0.25, 0.3) is 0 Å². The zero-order chi connectivity index (χ0) is 25.6. The predicted octanol–water partition coefficient (Wildman–Crippen LogP) is 8.69. The van der Waals surface area contributed by atoms with Crippen molar-refractivity contribution < 1.29 is 4.57 Å². The van der Waals surface area contributed by atoms with E-state index in [1.54, 1.807) is 0 Å². The van der Waals surface area contributed by atoms with Crippen molar-refractivity contribution in [1.82, 2.24) is 4.40 Å². The molecular weight excluding hydrogens is 448 g/mol. The van der Waals surface area contributed by atoms with Crippen LogP contribution >= 0.6 is 0 Å². The van der Waals surface area contributed by atoms with Crippen LogP contribution in [0.5, 0.6) is 0 Å². The standard InChI is InChI=1S/C35H33N2/c1-21-17-27-32-26(24-11-8-7-9-12-24)13-10-14-28(32)37-29-19-23(20-35(3,4)5)18-25-15-16-36(6)34(31(25)29)30(22(21)2)33(27)37/h7-19H,20H2,1-6H3/q+1. The van der Waals surface area contributed by atoms with E-state index in [0.29, 0.717) is 0 Å². The number of hydrogen-bond acceptors (Lipinski definition) is 0. The lowest BCUT2D eigenvalue weighted by molar-refractivity contribution is -0.643. The van der Waals surface area contributed by atoms with Crippen LogP contribution in [0.1, 0.15) is 37.5 Å². The summed E-state index contributed by atoms with van der Waals surface area (Å²) < 4.78 is 4.90. The molecule has 0 amide bonds. The summed E-state index contributed by atoms with van der Waals surface area (Å²) in [5.74, 6) is 0. The van der Waals surface area contributed by atoms with Gasteiger partial charge in [0.1, 0.15) is 7.05 Å². The third-order valence-electron chi connectivity index (χ3n) is 8.17. The lowest BCUT2D eigenvalue weighted by atomic mass is 9.87. The molecule has 182 valence electrons. The molecule has 37 heavy (non-hydrogen) atoms. The Balaban J connectivity index is 1.80. The van der Waals surface area contributed by atoms with Gasteiger partial charge in [-0.05, 0) is 77.1 Å². The summed E-state index contributed by atoms with van der Waals surface area (Å²) in [5, 5.41) is 6.74. The van der Waals surface area contributed by atoms with Crippen molar-refractivity contribution in [3.05, 3.63) is 95.7 Å². The molecule has 2 nitrogen and oxygen atoms in total. The lowest BCUT2D eigenvalue weighted by Gasteiger charge is -2.20. The quantitative estimate of drug-likeness (QED) is 0.133. The first kappa shape index (κ1) is 22.3. The smallest absolute Gasteiger partial charge is 0.224 e. The first-order valence-electron chi connectivity index (χ1n) is 13.3. The van der Waals surface area contributed by atoms with E-state index in [4.69, 9.17) is 0 Å². The fourth-order valence-electron chi connectivity index (χ4n) is 6.59. The molecule has 3 heterocycles. The molecule has 0 N–H and O–H groups in total. The van der Waals surface area contributed by atoms with Gasteiger partial charge in [0.05, 0.1) is 27.3 Å². The number of aryl methyl sites for hydroxylation is 3. The van der Waals surface area contributed by atoms with Crippen LogP contribution in [0.3, 0.4) is 0 Å². The maximum Gasteiger partial charge on any atom is 0.224 e. The van der Waals surface area contributed by atoms with Crippen molar-refractivity contribution >= 4 is 49.0 Å². The third-order valence-corrected chi connectivity index (χ3v) is 8.17. The normalized spacial score (nSPS) is 12.7. The molecule has 7 rings (SSSR count). The number of rotatable bonds is 2. The van der Waals surface area contributed by atoms with Crippen LogP contribution in [0.4, 0.5) is 0 Å². The largest absolute Gasteiger partial charge is 0.307 e. The number of benzene rings is 4. The predicted molar refractivity (Wildman–Crippen MR) is 158 cm³/mol. The second-order valence-electron chi connectivity index (χ2n) is 12.1. The molecular formula is C35H33N2+.